The van der Waals surface area contributed by atoms with Gasteiger partial charge in [0.05, 0.1) is 18.1 Å². The van der Waals surface area contributed by atoms with Gasteiger partial charge in [0.2, 0.25) is 5.91 Å². The zero-order valence-electron chi connectivity index (χ0n) is 13.8. The molecule has 1 atom stereocenters. The molecule has 1 aromatic carbocycles. The molecule has 128 valence electrons. The Bertz CT molecular complexity index is 701. The maximum atomic E-state index is 12.1. The first-order chi connectivity index (χ1) is 11.6. The predicted octanol–water partition coefficient (Wildman–Crippen LogP) is 3.49. The predicted molar refractivity (Wildman–Crippen MR) is 93.7 cm³/mol. The highest BCUT2D eigenvalue weighted by molar-refractivity contribution is 6.33. The van der Waals surface area contributed by atoms with Crippen LogP contribution in [-0.2, 0) is 11.3 Å². The Balaban J connectivity index is 1.54. The first-order valence-corrected chi connectivity index (χ1v) is 8.72. The van der Waals surface area contributed by atoms with E-state index in [1.165, 1.54) is 12.8 Å². The number of amides is 1. The Hall–Kier alpha value is -1.85. The molecule has 6 heteroatoms. The van der Waals surface area contributed by atoms with Crippen LogP contribution in [0.15, 0.2) is 34.9 Å². The molecule has 2 aromatic rings. The number of carbonyl (C=O) groups is 1. The molecule has 2 heterocycles. The van der Waals surface area contributed by atoms with Gasteiger partial charge in [0, 0.05) is 17.7 Å². The molecule has 0 radical (unpaired) electrons. The zero-order valence-corrected chi connectivity index (χ0v) is 14.6. The van der Waals surface area contributed by atoms with Crippen LogP contribution >= 0.6 is 11.6 Å². The number of carbonyl (C=O) groups excluding carboxylic acids is 1. The Morgan fingerprint density at radius 1 is 1.42 bits per heavy atom. The van der Waals surface area contributed by atoms with E-state index in [-0.39, 0.29) is 5.91 Å². The lowest BCUT2D eigenvalue weighted by molar-refractivity contribution is -0.123. The lowest BCUT2D eigenvalue weighted by Gasteiger charge is -2.32. The fourth-order valence-electron chi connectivity index (χ4n) is 3.01. The van der Waals surface area contributed by atoms with Gasteiger partial charge in [0.15, 0.2) is 5.76 Å². The van der Waals surface area contributed by atoms with E-state index < -0.39 is 0 Å². The average Bonchev–Trinajstić information content (AvgIpc) is 3.04. The summed E-state index contributed by atoms with van der Waals surface area (Å²) in [5.74, 6) is 0.626. The van der Waals surface area contributed by atoms with Gasteiger partial charge in [0.25, 0.3) is 0 Å². The lowest BCUT2D eigenvalue weighted by Crippen LogP contribution is -2.44. The summed E-state index contributed by atoms with van der Waals surface area (Å²) in [4.78, 5) is 14.4. The molecule has 1 amide bonds. The van der Waals surface area contributed by atoms with Crippen LogP contribution in [0.5, 0.6) is 0 Å². The molecule has 3 rings (SSSR count). The second kappa shape index (κ2) is 7.81. The Labute approximate surface area is 147 Å². The summed E-state index contributed by atoms with van der Waals surface area (Å²) in [6, 6.07) is 9.73. The fraction of sp³-hybridized carbons (Fsp3) is 0.444. The van der Waals surface area contributed by atoms with Crippen molar-refractivity contribution in [1.82, 2.24) is 15.4 Å². The molecule has 5 nitrogen and oxygen atoms in total. The third-order valence-corrected chi connectivity index (χ3v) is 4.78. The number of likely N-dealkylation sites (tertiary alicyclic amines) is 1. The summed E-state index contributed by atoms with van der Waals surface area (Å²) in [7, 11) is 0. The summed E-state index contributed by atoms with van der Waals surface area (Å²) in [5, 5.41) is 7.53. The quantitative estimate of drug-likeness (QED) is 0.899. The van der Waals surface area contributed by atoms with E-state index in [0.717, 1.165) is 18.5 Å². The lowest BCUT2D eigenvalue weighted by atomic mass is 10.0. The molecule has 0 spiro atoms. The molecule has 0 saturated carbocycles. The number of piperidine rings is 1. The van der Waals surface area contributed by atoms with Crippen molar-refractivity contribution in [3.8, 4) is 11.3 Å². The van der Waals surface area contributed by atoms with Crippen LogP contribution in [0.4, 0.5) is 0 Å². The monoisotopic (exact) mass is 347 g/mol. The van der Waals surface area contributed by atoms with Crippen LogP contribution in [0.2, 0.25) is 5.02 Å². The molecular weight excluding hydrogens is 326 g/mol. The molecule has 1 saturated heterocycles. The summed E-state index contributed by atoms with van der Waals surface area (Å²) in [5.41, 5.74) is 1.48. The molecule has 1 aliphatic rings. The van der Waals surface area contributed by atoms with Crippen molar-refractivity contribution < 1.29 is 9.32 Å². The Morgan fingerprint density at radius 2 is 2.25 bits per heavy atom. The smallest absolute Gasteiger partial charge is 0.234 e. The summed E-state index contributed by atoms with van der Waals surface area (Å²) < 4.78 is 5.33. The molecule has 24 heavy (non-hydrogen) atoms. The van der Waals surface area contributed by atoms with Crippen molar-refractivity contribution in [3.05, 3.63) is 41.0 Å². The van der Waals surface area contributed by atoms with Gasteiger partial charge < -0.3 is 9.84 Å². The first-order valence-electron chi connectivity index (χ1n) is 8.35. The number of nitrogens with zero attached hydrogens (tertiary/aromatic N) is 2. The van der Waals surface area contributed by atoms with Gasteiger partial charge >= 0.3 is 0 Å². The molecule has 1 fully saturated rings. The normalized spacial score (nSPS) is 18.5. The van der Waals surface area contributed by atoms with E-state index in [1.807, 2.05) is 24.3 Å². The van der Waals surface area contributed by atoms with Crippen molar-refractivity contribution in [1.29, 1.82) is 0 Å². The van der Waals surface area contributed by atoms with Crippen molar-refractivity contribution in [2.45, 2.75) is 38.8 Å². The number of hydrogen-bond donors (Lipinski definition) is 1. The number of nitrogens with one attached hydrogen (secondary N) is 1. The van der Waals surface area contributed by atoms with Gasteiger partial charge in [0.1, 0.15) is 5.69 Å². The number of halogens is 1. The van der Waals surface area contributed by atoms with Crippen molar-refractivity contribution in [2.24, 2.45) is 0 Å². The minimum Gasteiger partial charge on any atom is -0.356 e. The van der Waals surface area contributed by atoms with E-state index in [4.69, 9.17) is 16.1 Å². The molecular formula is C18H22ClN3O2. The largest absolute Gasteiger partial charge is 0.356 e. The van der Waals surface area contributed by atoms with E-state index >= 15 is 0 Å². The van der Waals surface area contributed by atoms with Crippen molar-refractivity contribution >= 4 is 17.5 Å². The standard InChI is InChI=1S/C18H22ClN3O2/c1-13-6-4-5-9-22(13)12-18(23)20-11-14-10-17(24-21-14)15-7-2-3-8-16(15)19/h2-3,7-8,10,13H,4-6,9,11-12H2,1H3,(H,20,23)/t13-/m1/s1. The minimum atomic E-state index is 0.0195. The van der Waals surface area contributed by atoms with Crippen molar-refractivity contribution in [2.75, 3.05) is 13.1 Å². The third-order valence-electron chi connectivity index (χ3n) is 4.45. The highest BCUT2D eigenvalue weighted by Crippen LogP contribution is 2.27. The molecule has 0 unspecified atom stereocenters. The highest BCUT2D eigenvalue weighted by atomic mass is 35.5. The van der Waals surface area contributed by atoms with Crippen LogP contribution in [0.25, 0.3) is 11.3 Å². The Morgan fingerprint density at radius 3 is 3.04 bits per heavy atom. The van der Waals surface area contributed by atoms with E-state index in [2.05, 4.69) is 22.3 Å². The zero-order chi connectivity index (χ0) is 16.9. The highest BCUT2D eigenvalue weighted by Gasteiger charge is 2.20. The minimum absolute atomic E-state index is 0.0195. The molecule has 1 N–H and O–H groups in total. The van der Waals surface area contributed by atoms with Gasteiger partial charge in [-0.1, -0.05) is 35.3 Å². The number of aromatic nitrogens is 1. The van der Waals surface area contributed by atoms with Crippen LogP contribution in [0, 0.1) is 0 Å². The Kier molecular flexibility index (Phi) is 5.53. The second-order valence-electron chi connectivity index (χ2n) is 6.25. The first kappa shape index (κ1) is 17.0. The SMILES string of the molecule is C[C@@H]1CCCCN1CC(=O)NCc1cc(-c2ccccc2Cl)on1. The van der Waals surface area contributed by atoms with Crippen molar-refractivity contribution in [3.63, 3.8) is 0 Å². The van der Waals surface area contributed by atoms with Crippen LogP contribution in [0.1, 0.15) is 31.9 Å². The van der Waals surface area contributed by atoms with Gasteiger partial charge in [-0.3, -0.25) is 9.69 Å². The van der Waals surface area contributed by atoms with Crippen LogP contribution < -0.4 is 5.32 Å². The number of benzene rings is 1. The van der Waals surface area contributed by atoms with Crippen LogP contribution in [-0.4, -0.2) is 35.1 Å². The fourth-order valence-corrected chi connectivity index (χ4v) is 3.23. The van der Waals surface area contributed by atoms with Crippen LogP contribution in [0.3, 0.4) is 0 Å². The molecule has 0 aliphatic carbocycles. The molecule has 1 aromatic heterocycles. The van der Waals surface area contributed by atoms with E-state index in [0.29, 0.717) is 35.6 Å². The maximum Gasteiger partial charge on any atom is 0.234 e. The summed E-state index contributed by atoms with van der Waals surface area (Å²) in [6.45, 7) is 3.97. The summed E-state index contributed by atoms with van der Waals surface area (Å²) in [6.07, 6.45) is 3.59. The van der Waals surface area contributed by atoms with Gasteiger partial charge in [-0.2, -0.15) is 0 Å². The molecule has 0 bridgehead atoms. The number of rotatable bonds is 5. The average molecular weight is 348 g/mol. The number of hydrogen-bond acceptors (Lipinski definition) is 4. The second-order valence-corrected chi connectivity index (χ2v) is 6.66. The van der Waals surface area contributed by atoms with Gasteiger partial charge in [-0.05, 0) is 38.4 Å². The molecule has 1 aliphatic heterocycles. The summed E-state index contributed by atoms with van der Waals surface area (Å²) >= 11 is 6.15. The maximum absolute atomic E-state index is 12.1. The van der Waals surface area contributed by atoms with E-state index in [9.17, 15) is 4.79 Å². The van der Waals surface area contributed by atoms with E-state index in [1.54, 1.807) is 6.07 Å². The third kappa shape index (κ3) is 4.16. The van der Waals surface area contributed by atoms with Gasteiger partial charge in [-0.25, -0.2) is 0 Å². The topological polar surface area (TPSA) is 58.4 Å². The van der Waals surface area contributed by atoms with Gasteiger partial charge in [-0.15, -0.1) is 0 Å².